The number of aromatic hydroxyl groups is 2. The molecule has 7 nitrogen and oxygen atoms in total. The van der Waals surface area contributed by atoms with Crippen LogP contribution in [-0.4, -0.2) is 28.2 Å². The van der Waals surface area contributed by atoms with Gasteiger partial charge in [-0.2, -0.15) is 5.10 Å². The minimum atomic E-state index is -0.645. The average Bonchev–Trinajstić information content (AvgIpc) is 3.31. The summed E-state index contributed by atoms with van der Waals surface area (Å²) in [6.07, 6.45) is 2.80. The molecule has 0 spiro atoms. The first-order valence-corrected chi connectivity index (χ1v) is 11.6. The molecule has 0 aliphatic rings. The van der Waals surface area contributed by atoms with Crippen molar-refractivity contribution < 1.29 is 19.8 Å². The SMILES string of the molecule is Cc1c(Br)c(O)c(Br)c(O)c1/C=N/NC(=O)C(=Cc1cccs1)NC(=O)c1ccccc1. The van der Waals surface area contributed by atoms with Crippen LogP contribution in [0.2, 0.25) is 0 Å². The topological polar surface area (TPSA) is 111 Å². The Hall–Kier alpha value is -2.95. The normalized spacial score (nSPS) is 11.5. The van der Waals surface area contributed by atoms with Gasteiger partial charge in [-0.1, -0.05) is 24.3 Å². The zero-order valence-electron chi connectivity index (χ0n) is 16.6. The van der Waals surface area contributed by atoms with Crippen molar-refractivity contribution >= 4 is 67.3 Å². The van der Waals surface area contributed by atoms with E-state index in [2.05, 4.69) is 47.7 Å². The molecule has 0 saturated heterocycles. The van der Waals surface area contributed by atoms with Crippen LogP contribution in [0.3, 0.4) is 0 Å². The highest BCUT2D eigenvalue weighted by molar-refractivity contribution is 9.11. The summed E-state index contributed by atoms with van der Waals surface area (Å²) in [5.41, 5.74) is 3.58. The number of nitrogens with one attached hydrogen (secondary N) is 2. The van der Waals surface area contributed by atoms with Crippen LogP contribution in [0, 0.1) is 6.92 Å². The second kappa shape index (κ2) is 10.6. The van der Waals surface area contributed by atoms with E-state index in [1.807, 2.05) is 17.5 Å². The van der Waals surface area contributed by atoms with Gasteiger partial charge in [0.05, 0.1) is 10.7 Å². The Morgan fingerprint density at radius 1 is 1.03 bits per heavy atom. The fourth-order valence-electron chi connectivity index (χ4n) is 2.63. The van der Waals surface area contributed by atoms with Gasteiger partial charge >= 0.3 is 0 Å². The van der Waals surface area contributed by atoms with E-state index in [0.29, 0.717) is 21.2 Å². The Kier molecular flexibility index (Phi) is 7.84. The van der Waals surface area contributed by atoms with Crippen LogP contribution in [0.15, 0.2) is 67.6 Å². The number of thiophene rings is 1. The number of benzene rings is 2. The number of hydrazone groups is 1. The molecular weight excluding hydrogens is 562 g/mol. The summed E-state index contributed by atoms with van der Waals surface area (Å²) in [7, 11) is 0. The van der Waals surface area contributed by atoms with Crippen LogP contribution in [0.1, 0.15) is 26.4 Å². The average molecular weight is 579 g/mol. The molecule has 0 aliphatic carbocycles. The van der Waals surface area contributed by atoms with Crippen molar-refractivity contribution in [1.82, 2.24) is 10.7 Å². The number of carbonyl (C=O) groups is 2. The second-order valence-corrected chi connectivity index (χ2v) is 9.02. The fraction of sp³-hybridized carbons (Fsp3) is 0.0455. The van der Waals surface area contributed by atoms with E-state index in [4.69, 9.17) is 0 Å². The van der Waals surface area contributed by atoms with E-state index in [9.17, 15) is 19.8 Å². The largest absolute Gasteiger partial charge is 0.506 e. The van der Waals surface area contributed by atoms with Gasteiger partial charge in [-0.15, -0.1) is 11.3 Å². The first-order valence-electron chi connectivity index (χ1n) is 9.14. The maximum Gasteiger partial charge on any atom is 0.287 e. The molecule has 1 aromatic heterocycles. The number of carbonyl (C=O) groups excluding carboxylic acids is 2. The van der Waals surface area contributed by atoms with Crippen molar-refractivity contribution in [2.45, 2.75) is 6.92 Å². The van der Waals surface area contributed by atoms with Crippen molar-refractivity contribution in [2.75, 3.05) is 0 Å². The zero-order chi connectivity index (χ0) is 23.3. The molecule has 0 saturated carbocycles. The van der Waals surface area contributed by atoms with Gasteiger partial charge in [0.15, 0.2) is 0 Å². The molecule has 3 rings (SSSR count). The summed E-state index contributed by atoms with van der Waals surface area (Å²) in [6, 6.07) is 12.2. The van der Waals surface area contributed by atoms with Crippen molar-refractivity contribution in [3.63, 3.8) is 0 Å². The Labute approximate surface area is 204 Å². The molecule has 4 N–H and O–H groups in total. The number of amides is 2. The smallest absolute Gasteiger partial charge is 0.287 e. The fourth-order valence-corrected chi connectivity index (χ4v) is 4.38. The van der Waals surface area contributed by atoms with Crippen LogP contribution in [0.4, 0.5) is 0 Å². The van der Waals surface area contributed by atoms with E-state index >= 15 is 0 Å². The van der Waals surface area contributed by atoms with Crippen LogP contribution in [0.5, 0.6) is 11.5 Å². The van der Waals surface area contributed by atoms with E-state index in [1.165, 1.54) is 17.6 Å². The molecule has 3 aromatic rings. The first-order chi connectivity index (χ1) is 15.3. The molecule has 0 fully saturated rings. The number of halogens is 2. The standard InChI is InChI=1S/C22H17Br2N3O4S/c1-12-15(19(28)18(24)20(29)17(12)23)11-25-27-22(31)16(10-14-8-5-9-32-14)26-21(30)13-6-3-2-4-7-13/h2-11,28-29H,1H3,(H,26,30)(H,27,31)/b16-10?,25-11+. The number of hydrogen-bond acceptors (Lipinski definition) is 6. The lowest BCUT2D eigenvalue weighted by Crippen LogP contribution is -2.32. The zero-order valence-corrected chi connectivity index (χ0v) is 20.6. The van der Waals surface area contributed by atoms with Gasteiger partial charge in [-0.3, -0.25) is 9.59 Å². The Morgan fingerprint density at radius 3 is 2.41 bits per heavy atom. The highest BCUT2D eigenvalue weighted by Crippen LogP contribution is 2.43. The van der Waals surface area contributed by atoms with Gasteiger partial charge in [0, 0.05) is 16.0 Å². The van der Waals surface area contributed by atoms with Crippen molar-refractivity contribution in [3.05, 3.63) is 84.1 Å². The summed E-state index contributed by atoms with van der Waals surface area (Å²) < 4.78 is 0.472. The molecule has 0 unspecified atom stereocenters. The van der Waals surface area contributed by atoms with E-state index in [-0.39, 0.29) is 21.7 Å². The van der Waals surface area contributed by atoms with Crippen LogP contribution < -0.4 is 10.7 Å². The number of hydrogen-bond donors (Lipinski definition) is 4. The van der Waals surface area contributed by atoms with Crippen LogP contribution in [-0.2, 0) is 4.79 Å². The molecule has 0 atom stereocenters. The highest BCUT2D eigenvalue weighted by Gasteiger charge is 2.18. The molecule has 0 bridgehead atoms. The third kappa shape index (κ3) is 5.45. The lowest BCUT2D eigenvalue weighted by Gasteiger charge is -2.11. The van der Waals surface area contributed by atoms with E-state index in [0.717, 1.165) is 4.88 Å². The van der Waals surface area contributed by atoms with E-state index < -0.39 is 11.8 Å². The lowest BCUT2D eigenvalue weighted by atomic mass is 10.1. The molecule has 32 heavy (non-hydrogen) atoms. The molecule has 164 valence electrons. The molecule has 2 amide bonds. The van der Waals surface area contributed by atoms with Gasteiger partial charge in [-0.25, -0.2) is 5.43 Å². The van der Waals surface area contributed by atoms with Crippen molar-refractivity contribution in [3.8, 4) is 11.5 Å². The third-order valence-corrected chi connectivity index (χ3v) is 6.87. The maximum absolute atomic E-state index is 12.8. The second-order valence-electron chi connectivity index (χ2n) is 6.46. The first kappa shape index (κ1) is 23.7. The molecular formula is C22H17Br2N3O4S. The maximum atomic E-state index is 12.8. The van der Waals surface area contributed by atoms with Gasteiger partial charge in [0.2, 0.25) is 0 Å². The molecule has 0 aliphatic heterocycles. The van der Waals surface area contributed by atoms with Gasteiger partial charge in [-0.05, 0) is 74.0 Å². The van der Waals surface area contributed by atoms with Crippen LogP contribution >= 0.6 is 43.2 Å². The quantitative estimate of drug-likeness (QED) is 0.189. The van der Waals surface area contributed by atoms with Gasteiger partial charge in [0.25, 0.3) is 11.8 Å². The van der Waals surface area contributed by atoms with E-state index in [1.54, 1.807) is 43.3 Å². The lowest BCUT2D eigenvalue weighted by molar-refractivity contribution is -0.117. The molecule has 2 aromatic carbocycles. The predicted molar refractivity (Wildman–Crippen MR) is 132 cm³/mol. The minimum Gasteiger partial charge on any atom is -0.506 e. The summed E-state index contributed by atoms with van der Waals surface area (Å²) in [4.78, 5) is 26.1. The summed E-state index contributed by atoms with van der Waals surface area (Å²) >= 11 is 7.76. The highest BCUT2D eigenvalue weighted by atomic mass is 79.9. The summed E-state index contributed by atoms with van der Waals surface area (Å²) in [5.74, 6) is -1.46. The number of phenolic OH excluding ortho intramolecular Hbond substituents is 2. The Bertz CT molecular complexity index is 1180. The monoisotopic (exact) mass is 577 g/mol. The number of nitrogens with zero attached hydrogens (tertiary/aromatic N) is 1. The summed E-state index contributed by atoms with van der Waals surface area (Å²) in [6.45, 7) is 1.67. The van der Waals surface area contributed by atoms with Gasteiger partial charge < -0.3 is 15.5 Å². The predicted octanol–water partition coefficient (Wildman–Crippen LogP) is 4.91. The minimum absolute atomic E-state index is 0.00691. The molecule has 1 heterocycles. The molecule has 10 heteroatoms. The number of rotatable bonds is 6. The van der Waals surface area contributed by atoms with Crippen molar-refractivity contribution in [2.24, 2.45) is 5.10 Å². The molecule has 0 radical (unpaired) electrons. The Morgan fingerprint density at radius 2 is 1.75 bits per heavy atom. The van der Waals surface area contributed by atoms with Gasteiger partial charge in [0.1, 0.15) is 21.7 Å². The third-order valence-electron chi connectivity index (χ3n) is 4.33. The Balaban J connectivity index is 1.83. The van der Waals surface area contributed by atoms with Crippen LogP contribution in [0.25, 0.3) is 6.08 Å². The van der Waals surface area contributed by atoms with Crippen molar-refractivity contribution in [1.29, 1.82) is 0 Å². The number of phenols is 2. The summed E-state index contributed by atoms with van der Waals surface area (Å²) in [5, 5.41) is 28.6.